The minimum absolute atomic E-state index is 0.415. The van der Waals surface area contributed by atoms with Crippen LogP contribution in [0.3, 0.4) is 0 Å². The molecule has 0 radical (unpaired) electrons. The monoisotopic (exact) mass is 240 g/mol. The van der Waals surface area contributed by atoms with E-state index in [9.17, 15) is 0 Å². The van der Waals surface area contributed by atoms with Crippen LogP contribution in [-0.4, -0.2) is 49.3 Å². The molecule has 2 aliphatic rings. The van der Waals surface area contributed by atoms with Gasteiger partial charge in [0, 0.05) is 18.6 Å². The minimum atomic E-state index is 0.415. The normalized spacial score (nSPS) is 39.0. The summed E-state index contributed by atoms with van der Waals surface area (Å²) >= 11 is 0. The third-order valence-corrected chi connectivity index (χ3v) is 4.44. The molecule has 1 heterocycles. The summed E-state index contributed by atoms with van der Waals surface area (Å²) in [6.45, 7) is 11.0. The maximum atomic E-state index is 5.79. The molecular weight excluding hydrogens is 212 g/mol. The van der Waals surface area contributed by atoms with Crippen LogP contribution in [0, 0.1) is 5.92 Å². The molecule has 1 saturated heterocycles. The molecule has 3 nitrogen and oxygen atoms in total. The lowest BCUT2D eigenvalue weighted by Gasteiger charge is -2.50. The highest BCUT2D eigenvalue weighted by Crippen LogP contribution is 2.35. The summed E-state index contributed by atoms with van der Waals surface area (Å²) in [6, 6.07) is 1.46. The van der Waals surface area contributed by atoms with Gasteiger partial charge in [-0.1, -0.05) is 13.8 Å². The standard InChI is InChI=1S/C14H28N2O/c1-4-13-10-17-11(3)9-16(13)14-7-6-12(14)8-15-5-2/h11-15H,4-10H2,1-3H3. The molecule has 0 aromatic rings. The zero-order valence-corrected chi connectivity index (χ0v) is 11.6. The van der Waals surface area contributed by atoms with E-state index < -0.39 is 0 Å². The zero-order valence-electron chi connectivity index (χ0n) is 11.6. The van der Waals surface area contributed by atoms with Crippen molar-refractivity contribution in [3.63, 3.8) is 0 Å². The lowest BCUT2D eigenvalue weighted by Crippen LogP contribution is -2.59. The lowest BCUT2D eigenvalue weighted by atomic mass is 9.77. The Balaban J connectivity index is 1.89. The Bertz CT molecular complexity index is 234. The average Bonchev–Trinajstić information content (AvgIpc) is 2.28. The van der Waals surface area contributed by atoms with Gasteiger partial charge in [0.05, 0.1) is 12.7 Å². The molecule has 0 aromatic carbocycles. The molecule has 1 N–H and O–H groups in total. The zero-order chi connectivity index (χ0) is 12.3. The second-order valence-corrected chi connectivity index (χ2v) is 5.62. The summed E-state index contributed by atoms with van der Waals surface area (Å²) in [7, 11) is 0. The molecule has 0 amide bonds. The minimum Gasteiger partial charge on any atom is -0.376 e. The van der Waals surface area contributed by atoms with Crippen LogP contribution in [0.1, 0.15) is 40.0 Å². The largest absolute Gasteiger partial charge is 0.376 e. The van der Waals surface area contributed by atoms with Crippen LogP contribution in [-0.2, 0) is 4.74 Å². The Morgan fingerprint density at radius 2 is 2.12 bits per heavy atom. The Morgan fingerprint density at radius 3 is 2.71 bits per heavy atom. The molecule has 17 heavy (non-hydrogen) atoms. The Morgan fingerprint density at radius 1 is 1.29 bits per heavy atom. The van der Waals surface area contributed by atoms with Crippen LogP contribution in [0.15, 0.2) is 0 Å². The summed E-state index contributed by atoms with van der Waals surface area (Å²) in [6.07, 6.45) is 4.43. The molecule has 100 valence electrons. The quantitative estimate of drug-likeness (QED) is 0.794. The summed E-state index contributed by atoms with van der Waals surface area (Å²) in [5.74, 6) is 0.870. The highest BCUT2D eigenvalue weighted by atomic mass is 16.5. The van der Waals surface area contributed by atoms with Crippen LogP contribution >= 0.6 is 0 Å². The predicted molar refractivity (Wildman–Crippen MR) is 71.3 cm³/mol. The molecule has 0 bridgehead atoms. The number of ether oxygens (including phenoxy) is 1. The van der Waals surface area contributed by atoms with E-state index in [0.717, 1.165) is 31.7 Å². The highest BCUT2D eigenvalue weighted by Gasteiger charge is 2.40. The first-order chi connectivity index (χ1) is 8.26. The van der Waals surface area contributed by atoms with E-state index in [1.165, 1.54) is 25.8 Å². The second kappa shape index (κ2) is 6.17. The van der Waals surface area contributed by atoms with Crippen molar-refractivity contribution in [1.82, 2.24) is 10.2 Å². The van der Waals surface area contributed by atoms with E-state index in [4.69, 9.17) is 4.74 Å². The molecule has 2 fully saturated rings. The van der Waals surface area contributed by atoms with Crippen LogP contribution in [0.2, 0.25) is 0 Å². The van der Waals surface area contributed by atoms with Gasteiger partial charge in [-0.3, -0.25) is 4.90 Å². The fourth-order valence-corrected chi connectivity index (χ4v) is 3.18. The van der Waals surface area contributed by atoms with E-state index in [1.807, 2.05) is 0 Å². The summed E-state index contributed by atoms with van der Waals surface area (Å²) in [5, 5.41) is 3.51. The van der Waals surface area contributed by atoms with E-state index in [-0.39, 0.29) is 0 Å². The van der Waals surface area contributed by atoms with E-state index in [1.54, 1.807) is 0 Å². The van der Waals surface area contributed by atoms with Crippen LogP contribution in [0.5, 0.6) is 0 Å². The number of morpholine rings is 1. The van der Waals surface area contributed by atoms with Gasteiger partial charge < -0.3 is 10.1 Å². The number of nitrogens with zero attached hydrogens (tertiary/aromatic N) is 1. The Kier molecular flexibility index (Phi) is 4.83. The maximum absolute atomic E-state index is 5.79. The second-order valence-electron chi connectivity index (χ2n) is 5.62. The fourth-order valence-electron chi connectivity index (χ4n) is 3.18. The van der Waals surface area contributed by atoms with E-state index in [0.29, 0.717) is 12.1 Å². The smallest absolute Gasteiger partial charge is 0.0674 e. The molecule has 1 saturated carbocycles. The van der Waals surface area contributed by atoms with Gasteiger partial charge in [-0.2, -0.15) is 0 Å². The van der Waals surface area contributed by atoms with Crippen molar-refractivity contribution in [3.05, 3.63) is 0 Å². The molecular formula is C14H28N2O. The van der Waals surface area contributed by atoms with Gasteiger partial charge in [0.15, 0.2) is 0 Å². The molecule has 3 heteroatoms. The maximum Gasteiger partial charge on any atom is 0.0674 e. The molecule has 1 aliphatic carbocycles. The summed E-state index contributed by atoms with van der Waals surface area (Å²) in [4.78, 5) is 2.74. The molecule has 4 unspecified atom stereocenters. The van der Waals surface area contributed by atoms with Gasteiger partial charge in [-0.05, 0) is 45.2 Å². The summed E-state index contributed by atoms with van der Waals surface area (Å²) in [5.41, 5.74) is 0. The van der Waals surface area contributed by atoms with Gasteiger partial charge in [-0.15, -0.1) is 0 Å². The van der Waals surface area contributed by atoms with E-state index in [2.05, 4.69) is 31.0 Å². The topological polar surface area (TPSA) is 24.5 Å². The molecule has 0 spiro atoms. The van der Waals surface area contributed by atoms with E-state index >= 15 is 0 Å². The molecule has 0 aromatic heterocycles. The van der Waals surface area contributed by atoms with Gasteiger partial charge in [0.25, 0.3) is 0 Å². The fraction of sp³-hybridized carbons (Fsp3) is 1.00. The van der Waals surface area contributed by atoms with Crippen molar-refractivity contribution in [3.8, 4) is 0 Å². The average molecular weight is 240 g/mol. The van der Waals surface area contributed by atoms with Gasteiger partial charge >= 0.3 is 0 Å². The first kappa shape index (κ1) is 13.3. The van der Waals surface area contributed by atoms with Crippen LogP contribution < -0.4 is 5.32 Å². The van der Waals surface area contributed by atoms with Gasteiger partial charge in [0.2, 0.25) is 0 Å². The van der Waals surface area contributed by atoms with Crippen molar-refractivity contribution in [1.29, 1.82) is 0 Å². The first-order valence-electron chi connectivity index (χ1n) is 7.34. The van der Waals surface area contributed by atoms with Gasteiger partial charge in [-0.25, -0.2) is 0 Å². The molecule has 4 atom stereocenters. The lowest BCUT2D eigenvalue weighted by molar-refractivity contribution is -0.0984. The third-order valence-electron chi connectivity index (χ3n) is 4.44. The SMILES string of the molecule is CCNCC1CCC1N1CC(C)OCC1CC. The highest BCUT2D eigenvalue weighted by molar-refractivity contribution is 4.94. The Hall–Kier alpha value is -0.120. The van der Waals surface area contributed by atoms with Crippen molar-refractivity contribution >= 4 is 0 Å². The van der Waals surface area contributed by atoms with Crippen molar-refractivity contribution in [2.75, 3.05) is 26.2 Å². The van der Waals surface area contributed by atoms with Crippen molar-refractivity contribution in [2.45, 2.75) is 58.2 Å². The number of hydrogen-bond donors (Lipinski definition) is 1. The van der Waals surface area contributed by atoms with Gasteiger partial charge in [0.1, 0.15) is 0 Å². The summed E-state index contributed by atoms with van der Waals surface area (Å²) < 4.78 is 5.79. The predicted octanol–water partition coefficient (Wildman–Crippen LogP) is 1.87. The number of nitrogens with one attached hydrogen (secondary N) is 1. The molecule has 1 aliphatic heterocycles. The Labute approximate surface area is 106 Å². The first-order valence-corrected chi connectivity index (χ1v) is 7.34. The third kappa shape index (κ3) is 3.01. The van der Waals surface area contributed by atoms with Crippen LogP contribution in [0.4, 0.5) is 0 Å². The number of rotatable bonds is 5. The van der Waals surface area contributed by atoms with Crippen molar-refractivity contribution in [2.24, 2.45) is 5.92 Å². The number of hydrogen-bond acceptors (Lipinski definition) is 3. The molecule has 2 rings (SSSR count). The van der Waals surface area contributed by atoms with Crippen LogP contribution in [0.25, 0.3) is 0 Å². The van der Waals surface area contributed by atoms with Crippen molar-refractivity contribution < 1.29 is 4.74 Å².